The van der Waals surface area contributed by atoms with Crippen molar-refractivity contribution in [3.63, 3.8) is 0 Å². The van der Waals surface area contributed by atoms with E-state index < -0.39 is 13.7 Å². The molecule has 0 amide bonds. The lowest BCUT2D eigenvalue weighted by molar-refractivity contribution is 0.122. The summed E-state index contributed by atoms with van der Waals surface area (Å²) in [5.41, 5.74) is 4.35. The molecule has 0 heterocycles. The molecule has 0 saturated carbocycles. The summed E-state index contributed by atoms with van der Waals surface area (Å²) in [7, 11) is -1.47. The third-order valence-electron chi connectivity index (χ3n) is 3.52. The van der Waals surface area contributed by atoms with E-state index in [1.165, 1.54) is 0 Å². The number of hydrogen-bond acceptors (Lipinski definition) is 1. The Labute approximate surface area is 129 Å². The van der Waals surface area contributed by atoms with E-state index in [9.17, 15) is 5.11 Å². The first kappa shape index (κ1) is 15.7. The molecule has 1 N–H and O–H groups in total. The molecule has 0 aliphatic carbocycles. The van der Waals surface area contributed by atoms with E-state index in [0.29, 0.717) is 0 Å². The quantitative estimate of drug-likeness (QED) is 0.799. The van der Waals surface area contributed by atoms with Crippen LogP contribution in [0.2, 0.25) is 19.6 Å². The van der Waals surface area contributed by atoms with Gasteiger partial charge in [-0.05, 0) is 23.6 Å². The second kappa shape index (κ2) is 6.00. The zero-order valence-electron chi connectivity index (χ0n) is 13.3. The normalized spacial score (nSPS) is 15.6. The predicted octanol–water partition coefficient (Wildman–Crippen LogP) is 4.86. The molecule has 1 unspecified atom stereocenters. The maximum absolute atomic E-state index is 11.2. The molecule has 1 atom stereocenters. The van der Waals surface area contributed by atoms with Crippen molar-refractivity contribution >= 4 is 13.6 Å². The van der Waals surface area contributed by atoms with E-state index in [-0.39, 0.29) is 0 Å². The van der Waals surface area contributed by atoms with Crippen LogP contribution in [0.15, 0.2) is 66.4 Å². The summed E-state index contributed by atoms with van der Waals surface area (Å²) < 4.78 is 0. The lowest BCUT2D eigenvalue weighted by atomic mass is 9.85. The van der Waals surface area contributed by atoms with Crippen molar-refractivity contribution < 1.29 is 5.11 Å². The molecule has 0 fully saturated rings. The van der Waals surface area contributed by atoms with Crippen LogP contribution in [-0.2, 0) is 5.60 Å². The molecule has 21 heavy (non-hydrogen) atoms. The van der Waals surface area contributed by atoms with Crippen molar-refractivity contribution in [2.24, 2.45) is 0 Å². The van der Waals surface area contributed by atoms with Crippen molar-refractivity contribution in [2.45, 2.75) is 32.2 Å². The fourth-order valence-corrected chi connectivity index (χ4v) is 3.79. The summed E-state index contributed by atoms with van der Waals surface area (Å²) >= 11 is 0. The van der Waals surface area contributed by atoms with Crippen LogP contribution in [0.5, 0.6) is 0 Å². The van der Waals surface area contributed by atoms with Gasteiger partial charge in [-0.2, -0.15) is 0 Å². The van der Waals surface area contributed by atoms with Crippen LogP contribution in [0.4, 0.5) is 0 Å². The Bertz CT molecular complexity index is 607. The third kappa shape index (κ3) is 3.93. The predicted molar refractivity (Wildman–Crippen MR) is 93.8 cm³/mol. The molecule has 2 heteroatoms. The van der Waals surface area contributed by atoms with Gasteiger partial charge >= 0.3 is 0 Å². The topological polar surface area (TPSA) is 20.2 Å². The summed E-state index contributed by atoms with van der Waals surface area (Å²) in [6.45, 7) is 8.76. The largest absolute Gasteiger partial charge is 0.381 e. The third-order valence-corrected chi connectivity index (χ3v) is 4.68. The molecule has 0 saturated heterocycles. The highest BCUT2D eigenvalue weighted by atomic mass is 28.3. The first-order valence-corrected chi connectivity index (χ1v) is 10.9. The Morgan fingerprint density at radius 1 is 0.905 bits per heavy atom. The van der Waals surface area contributed by atoms with E-state index in [1.54, 1.807) is 0 Å². The van der Waals surface area contributed by atoms with Crippen molar-refractivity contribution in [3.8, 4) is 0 Å². The second-order valence-electron chi connectivity index (χ2n) is 6.73. The zero-order chi connectivity index (χ0) is 15.5. The van der Waals surface area contributed by atoms with Crippen LogP contribution in [0, 0.1) is 0 Å². The van der Waals surface area contributed by atoms with Crippen molar-refractivity contribution in [2.75, 3.05) is 0 Å². The summed E-state index contributed by atoms with van der Waals surface area (Å²) in [4.78, 5) is 0. The van der Waals surface area contributed by atoms with Gasteiger partial charge in [-0.15, -0.1) is 0 Å². The summed E-state index contributed by atoms with van der Waals surface area (Å²) in [6.07, 6.45) is 0. The molecule has 0 bridgehead atoms. The van der Waals surface area contributed by atoms with Gasteiger partial charge in [0, 0.05) is 0 Å². The minimum atomic E-state index is -1.47. The molecule has 0 radical (unpaired) electrons. The SMILES string of the molecule is CC(O)(/C(=C/[Si](C)(C)C)c1ccccc1)c1ccccc1. The van der Waals surface area contributed by atoms with Gasteiger partial charge in [0.15, 0.2) is 0 Å². The molecular formula is C19H24OSi. The molecule has 0 aromatic heterocycles. The fraction of sp³-hybridized carbons (Fsp3) is 0.263. The highest BCUT2D eigenvalue weighted by molar-refractivity contribution is 6.81. The van der Waals surface area contributed by atoms with Crippen LogP contribution >= 0.6 is 0 Å². The molecule has 110 valence electrons. The Morgan fingerprint density at radius 2 is 1.38 bits per heavy atom. The summed E-state index contributed by atoms with van der Waals surface area (Å²) in [6, 6.07) is 20.1. The van der Waals surface area contributed by atoms with Crippen molar-refractivity contribution in [1.82, 2.24) is 0 Å². The standard InChI is InChI=1S/C19H24OSi/c1-19(20,17-13-9-6-10-14-17)18(15-21(2,3)4)16-11-7-5-8-12-16/h5-15,20H,1-4H3/b18-15+. The Morgan fingerprint density at radius 3 is 1.86 bits per heavy atom. The number of aliphatic hydroxyl groups is 1. The first-order valence-electron chi connectivity index (χ1n) is 7.37. The van der Waals surface area contributed by atoms with Gasteiger partial charge in [0.1, 0.15) is 5.60 Å². The monoisotopic (exact) mass is 296 g/mol. The molecule has 0 aliphatic rings. The van der Waals surface area contributed by atoms with E-state index in [1.807, 2.05) is 55.5 Å². The minimum absolute atomic E-state index is 0.929. The van der Waals surface area contributed by atoms with Gasteiger partial charge in [0.05, 0.1) is 8.07 Å². The summed E-state index contributed by atoms with van der Waals surface area (Å²) in [5.74, 6) is 0. The molecular weight excluding hydrogens is 272 g/mol. The van der Waals surface area contributed by atoms with Gasteiger partial charge in [-0.25, -0.2) is 0 Å². The van der Waals surface area contributed by atoms with Crippen LogP contribution in [0.1, 0.15) is 18.1 Å². The maximum atomic E-state index is 11.2. The number of benzene rings is 2. The van der Waals surface area contributed by atoms with E-state index in [0.717, 1.165) is 16.7 Å². The van der Waals surface area contributed by atoms with Gasteiger partial charge in [0.2, 0.25) is 0 Å². The molecule has 2 aromatic carbocycles. The van der Waals surface area contributed by atoms with E-state index in [4.69, 9.17) is 0 Å². The highest BCUT2D eigenvalue weighted by Gasteiger charge is 2.30. The van der Waals surface area contributed by atoms with Crippen molar-refractivity contribution in [3.05, 3.63) is 77.5 Å². The Hall–Kier alpha value is -1.64. The smallest absolute Gasteiger partial charge is 0.112 e. The molecule has 2 aromatic rings. The lowest BCUT2D eigenvalue weighted by Gasteiger charge is -2.30. The Kier molecular flexibility index (Phi) is 4.50. The fourth-order valence-electron chi connectivity index (χ4n) is 2.47. The van der Waals surface area contributed by atoms with Gasteiger partial charge in [-0.3, -0.25) is 0 Å². The van der Waals surface area contributed by atoms with E-state index in [2.05, 4.69) is 37.5 Å². The molecule has 0 spiro atoms. The second-order valence-corrected chi connectivity index (χ2v) is 11.7. The lowest BCUT2D eigenvalue weighted by Crippen LogP contribution is -2.27. The first-order chi connectivity index (χ1) is 9.81. The van der Waals surface area contributed by atoms with Crippen LogP contribution in [0.3, 0.4) is 0 Å². The average molecular weight is 296 g/mol. The van der Waals surface area contributed by atoms with Crippen molar-refractivity contribution in [1.29, 1.82) is 0 Å². The molecule has 0 aliphatic heterocycles. The highest BCUT2D eigenvalue weighted by Crippen LogP contribution is 2.37. The maximum Gasteiger partial charge on any atom is 0.112 e. The van der Waals surface area contributed by atoms with Gasteiger partial charge < -0.3 is 5.11 Å². The average Bonchev–Trinajstić information content (AvgIpc) is 2.46. The Balaban J connectivity index is 2.58. The van der Waals surface area contributed by atoms with Crippen LogP contribution in [0.25, 0.3) is 5.57 Å². The number of rotatable bonds is 4. The molecule has 2 rings (SSSR count). The van der Waals surface area contributed by atoms with E-state index >= 15 is 0 Å². The number of hydrogen-bond donors (Lipinski definition) is 1. The van der Waals surface area contributed by atoms with Crippen LogP contribution < -0.4 is 0 Å². The van der Waals surface area contributed by atoms with Crippen LogP contribution in [-0.4, -0.2) is 13.2 Å². The minimum Gasteiger partial charge on any atom is -0.381 e. The van der Waals surface area contributed by atoms with Gasteiger partial charge in [-0.1, -0.05) is 86.0 Å². The molecule has 1 nitrogen and oxygen atoms in total. The summed E-state index contributed by atoms with van der Waals surface area (Å²) in [5, 5.41) is 11.2. The van der Waals surface area contributed by atoms with Gasteiger partial charge in [0.25, 0.3) is 0 Å². The zero-order valence-corrected chi connectivity index (χ0v) is 14.3.